The Kier molecular flexibility index (Phi) is 5.81. The Morgan fingerprint density at radius 1 is 1.21 bits per heavy atom. The van der Waals surface area contributed by atoms with Crippen LogP contribution in [-0.4, -0.2) is 42.0 Å². The van der Waals surface area contributed by atoms with E-state index in [9.17, 15) is 0 Å². The van der Waals surface area contributed by atoms with Crippen molar-refractivity contribution in [3.8, 4) is 0 Å². The minimum Gasteiger partial charge on any atom is -0.306 e. The van der Waals surface area contributed by atoms with E-state index in [1.54, 1.807) is 0 Å². The number of rotatable bonds is 4. The maximum Gasteiger partial charge on any atom is 0.156 e. The fraction of sp³-hybridized carbons (Fsp3) is 0.440. The SMILES string of the molecule is C=C(C)/C=C\C(=C/C)C1=CC(=C2CCC2)N2C=C(C3CCN(C)CC3)N=CC2=N1. The number of hydrogen-bond acceptors (Lipinski definition) is 4. The second-order valence-electron chi connectivity index (χ2n) is 8.53. The number of amidine groups is 1. The molecule has 4 aliphatic rings. The fourth-order valence-electron chi connectivity index (χ4n) is 4.16. The second-order valence-corrected chi connectivity index (χ2v) is 8.53. The van der Waals surface area contributed by atoms with Crippen LogP contribution >= 0.6 is 0 Å². The molecule has 4 rings (SSSR count). The quantitative estimate of drug-likeness (QED) is 0.606. The number of hydrogen-bond donors (Lipinski definition) is 0. The van der Waals surface area contributed by atoms with Gasteiger partial charge in [0.2, 0.25) is 0 Å². The second kappa shape index (κ2) is 8.50. The third-order valence-corrected chi connectivity index (χ3v) is 6.22. The third-order valence-electron chi connectivity index (χ3n) is 6.22. The summed E-state index contributed by atoms with van der Waals surface area (Å²) in [5, 5.41) is 0. The Bertz CT molecular complexity index is 893. The molecule has 0 spiro atoms. The first kappa shape index (κ1) is 19.8. The molecule has 152 valence electrons. The number of aliphatic imine (C=N–C) groups is 2. The minimum absolute atomic E-state index is 0.548. The number of piperidine rings is 1. The van der Waals surface area contributed by atoms with E-state index in [2.05, 4.69) is 54.8 Å². The molecule has 2 fully saturated rings. The van der Waals surface area contributed by atoms with Gasteiger partial charge in [0.05, 0.1) is 17.6 Å². The zero-order valence-electron chi connectivity index (χ0n) is 18.0. The lowest BCUT2D eigenvalue weighted by Crippen LogP contribution is -2.35. The van der Waals surface area contributed by atoms with Crippen LogP contribution in [0.25, 0.3) is 0 Å². The van der Waals surface area contributed by atoms with Crippen LogP contribution in [0, 0.1) is 5.92 Å². The van der Waals surface area contributed by atoms with E-state index >= 15 is 0 Å². The van der Waals surface area contributed by atoms with Crippen LogP contribution in [0.5, 0.6) is 0 Å². The van der Waals surface area contributed by atoms with Crippen LogP contribution in [0.4, 0.5) is 0 Å². The summed E-state index contributed by atoms with van der Waals surface area (Å²) in [6.45, 7) is 10.3. The van der Waals surface area contributed by atoms with Gasteiger partial charge in [-0.15, -0.1) is 0 Å². The molecule has 29 heavy (non-hydrogen) atoms. The van der Waals surface area contributed by atoms with Crippen molar-refractivity contribution in [1.82, 2.24) is 9.80 Å². The van der Waals surface area contributed by atoms with Gasteiger partial charge < -0.3 is 4.90 Å². The van der Waals surface area contributed by atoms with Crippen molar-refractivity contribution >= 4 is 12.1 Å². The molecule has 0 amide bonds. The third kappa shape index (κ3) is 4.27. The predicted molar refractivity (Wildman–Crippen MR) is 123 cm³/mol. The fourth-order valence-corrected chi connectivity index (χ4v) is 4.16. The summed E-state index contributed by atoms with van der Waals surface area (Å²) in [6, 6.07) is 0. The van der Waals surface area contributed by atoms with Crippen LogP contribution in [0.3, 0.4) is 0 Å². The van der Waals surface area contributed by atoms with Crippen LogP contribution in [-0.2, 0) is 0 Å². The summed E-state index contributed by atoms with van der Waals surface area (Å²) in [5.74, 6) is 1.48. The normalized spacial score (nSPS) is 23.6. The Hall–Kier alpha value is -2.46. The average Bonchev–Trinajstić information content (AvgIpc) is 2.67. The van der Waals surface area contributed by atoms with Crippen LogP contribution < -0.4 is 0 Å². The first-order valence-corrected chi connectivity index (χ1v) is 10.8. The Morgan fingerprint density at radius 3 is 2.59 bits per heavy atom. The van der Waals surface area contributed by atoms with Gasteiger partial charge >= 0.3 is 0 Å². The van der Waals surface area contributed by atoms with Crippen LogP contribution in [0.2, 0.25) is 0 Å². The summed E-state index contributed by atoms with van der Waals surface area (Å²) < 4.78 is 0. The highest BCUT2D eigenvalue weighted by Crippen LogP contribution is 2.37. The molecule has 0 radical (unpaired) electrons. The van der Waals surface area contributed by atoms with E-state index in [1.165, 1.54) is 49.1 Å². The van der Waals surface area contributed by atoms with Gasteiger partial charge in [0.25, 0.3) is 0 Å². The van der Waals surface area contributed by atoms with Crippen molar-refractivity contribution < 1.29 is 0 Å². The molecule has 0 N–H and O–H groups in total. The highest BCUT2D eigenvalue weighted by molar-refractivity contribution is 6.31. The van der Waals surface area contributed by atoms with Gasteiger partial charge in [0, 0.05) is 17.8 Å². The van der Waals surface area contributed by atoms with Crippen LogP contribution in [0.1, 0.15) is 46.0 Å². The molecule has 4 heteroatoms. The van der Waals surface area contributed by atoms with Crippen molar-refractivity contribution in [2.24, 2.45) is 15.9 Å². The lowest BCUT2D eigenvalue weighted by atomic mass is 9.88. The van der Waals surface area contributed by atoms with E-state index in [0.29, 0.717) is 5.92 Å². The molecule has 0 atom stereocenters. The molecule has 0 aromatic rings. The van der Waals surface area contributed by atoms with Gasteiger partial charge in [-0.05, 0) is 83.3 Å². The van der Waals surface area contributed by atoms with Crippen molar-refractivity contribution in [3.05, 3.63) is 70.9 Å². The number of allylic oxidation sites excluding steroid dienone is 7. The van der Waals surface area contributed by atoms with Gasteiger partial charge in [0.1, 0.15) is 0 Å². The molecule has 1 saturated heterocycles. The molecule has 1 saturated carbocycles. The minimum atomic E-state index is 0.548. The first-order valence-electron chi connectivity index (χ1n) is 10.8. The van der Waals surface area contributed by atoms with Gasteiger partial charge in [-0.1, -0.05) is 30.4 Å². The molecular weight excluding hydrogens is 356 g/mol. The first-order chi connectivity index (χ1) is 14.0. The molecule has 0 bridgehead atoms. The zero-order chi connectivity index (χ0) is 20.4. The van der Waals surface area contributed by atoms with E-state index in [4.69, 9.17) is 9.98 Å². The Balaban J connectivity index is 1.66. The van der Waals surface area contributed by atoms with Gasteiger partial charge in [-0.2, -0.15) is 0 Å². The molecule has 3 heterocycles. The molecule has 0 unspecified atom stereocenters. The standard InChI is InChI=1S/C25H32N4/c1-5-19(10-9-18(2)3)22-15-24(21-7-6-8-21)29-17-23(26-16-25(29)27-22)20-11-13-28(4)14-12-20/h5,9-10,15-17,20H,2,6-8,11-14H2,1,3-4H3/b10-9-,19-5+. The average molecular weight is 389 g/mol. The smallest absolute Gasteiger partial charge is 0.156 e. The molecule has 4 nitrogen and oxygen atoms in total. The number of fused-ring (bicyclic) bond motifs is 1. The summed E-state index contributed by atoms with van der Waals surface area (Å²) >= 11 is 0. The summed E-state index contributed by atoms with van der Waals surface area (Å²) in [7, 11) is 2.21. The van der Waals surface area contributed by atoms with Gasteiger partial charge in [0.15, 0.2) is 5.84 Å². The lowest BCUT2D eigenvalue weighted by molar-refractivity contribution is 0.236. The van der Waals surface area contributed by atoms with E-state index in [1.807, 2.05) is 19.2 Å². The largest absolute Gasteiger partial charge is 0.306 e. The monoisotopic (exact) mass is 388 g/mol. The molecular formula is C25H32N4. The number of nitrogens with zero attached hydrogens (tertiary/aromatic N) is 4. The van der Waals surface area contributed by atoms with Crippen LogP contribution in [0.15, 0.2) is 80.9 Å². The topological polar surface area (TPSA) is 31.2 Å². The Labute approximate surface area is 175 Å². The van der Waals surface area contributed by atoms with Crippen molar-refractivity contribution in [2.75, 3.05) is 20.1 Å². The molecule has 1 aliphatic carbocycles. The van der Waals surface area contributed by atoms with E-state index in [0.717, 1.165) is 35.8 Å². The Morgan fingerprint density at radius 2 is 1.97 bits per heavy atom. The predicted octanol–water partition coefficient (Wildman–Crippen LogP) is 5.37. The lowest BCUT2D eigenvalue weighted by Gasteiger charge is -2.35. The maximum atomic E-state index is 4.95. The van der Waals surface area contributed by atoms with Crippen molar-refractivity contribution in [3.63, 3.8) is 0 Å². The molecule has 0 aromatic carbocycles. The molecule has 0 aromatic heterocycles. The molecule has 3 aliphatic heterocycles. The summed E-state index contributed by atoms with van der Waals surface area (Å²) in [5.41, 5.74) is 7.21. The maximum absolute atomic E-state index is 4.95. The number of likely N-dealkylation sites (tertiary alicyclic amines) is 1. The van der Waals surface area contributed by atoms with Gasteiger partial charge in [-0.3, -0.25) is 9.89 Å². The summed E-state index contributed by atoms with van der Waals surface area (Å²) in [6.07, 6.45) is 18.8. The zero-order valence-corrected chi connectivity index (χ0v) is 18.0. The van der Waals surface area contributed by atoms with Gasteiger partial charge in [-0.25, -0.2) is 4.99 Å². The highest BCUT2D eigenvalue weighted by atomic mass is 15.2. The van der Waals surface area contributed by atoms with E-state index in [-0.39, 0.29) is 0 Å². The highest BCUT2D eigenvalue weighted by Gasteiger charge is 2.29. The summed E-state index contributed by atoms with van der Waals surface area (Å²) in [4.78, 5) is 14.5. The van der Waals surface area contributed by atoms with Crippen molar-refractivity contribution in [1.29, 1.82) is 0 Å². The van der Waals surface area contributed by atoms with E-state index < -0.39 is 0 Å². The van der Waals surface area contributed by atoms with Crippen molar-refractivity contribution in [2.45, 2.75) is 46.0 Å².